The van der Waals surface area contributed by atoms with E-state index in [1.807, 2.05) is 59.2 Å². The summed E-state index contributed by atoms with van der Waals surface area (Å²) in [5.74, 6) is 0.721. The Hall–Kier alpha value is -6.30. The summed E-state index contributed by atoms with van der Waals surface area (Å²) in [5, 5.41) is 4.80. The van der Waals surface area contributed by atoms with Gasteiger partial charge >= 0.3 is 0 Å². The molecule has 9 aromatic rings. The number of aromatic nitrogens is 2. The molecule has 236 valence electrons. The zero-order valence-electron chi connectivity index (χ0n) is 26.8. The number of fused-ring (bicyclic) bond motifs is 4. The molecule has 0 aliphatic carbocycles. The second-order valence-corrected chi connectivity index (χ2v) is 14.6. The van der Waals surface area contributed by atoms with E-state index in [0.717, 1.165) is 28.1 Å². The number of hydrogen-bond donors (Lipinski definition) is 0. The first kappa shape index (κ1) is 28.7. The van der Waals surface area contributed by atoms with Gasteiger partial charge in [0.1, 0.15) is 5.82 Å². The van der Waals surface area contributed by atoms with Gasteiger partial charge in [-0.15, -0.1) is 0 Å². The predicted octanol–water partition coefficient (Wildman–Crippen LogP) is 11.1. The first-order valence-corrected chi connectivity index (χ1v) is 18.1. The molecule has 5 heteroatoms. The maximum absolute atomic E-state index is 14.2. The van der Waals surface area contributed by atoms with Crippen molar-refractivity contribution in [3.63, 3.8) is 0 Å². The fraction of sp³-hybridized carbons (Fsp3) is 0. The van der Waals surface area contributed by atoms with E-state index in [1.165, 1.54) is 38.2 Å². The molecule has 1 aliphatic rings. The Labute approximate surface area is 289 Å². The van der Waals surface area contributed by atoms with Crippen LogP contribution in [-0.2, 0) is 9.84 Å². The van der Waals surface area contributed by atoms with E-state index in [-0.39, 0.29) is 9.79 Å². The molecule has 0 saturated heterocycles. The van der Waals surface area contributed by atoms with Crippen molar-refractivity contribution >= 4 is 42.4 Å². The van der Waals surface area contributed by atoms with E-state index in [0.29, 0.717) is 16.7 Å². The lowest BCUT2D eigenvalue weighted by molar-refractivity contribution is 0.594. The Kier molecular flexibility index (Phi) is 6.23. The summed E-state index contributed by atoms with van der Waals surface area (Å²) in [6, 6.07) is 57.4. The van der Waals surface area contributed by atoms with E-state index < -0.39 is 9.84 Å². The average Bonchev–Trinajstić information content (AvgIpc) is 3.57. The van der Waals surface area contributed by atoms with Gasteiger partial charge in [0.05, 0.1) is 26.5 Å². The number of sulfone groups is 1. The molecule has 0 unspecified atom stereocenters. The van der Waals surface area contributed by atoms with Gasteiger partial charge in [-0.25, -0.2) is 13.4 Å². The molecule has 0 saturated carbocycles. The van der Waals surface area contributed by atoms with Gasteiger partial charge in [0, 0.05) is 5.56 Å². The summed E-state index contributed by atoms with van der Waals surface area (Å²) in [5.41, 5.74) is 9.32. The molecule has 50 heavy (non-hydrogen) atoms. The molecule has 1 aromatic heterocycles. The molecule has 0 radical (unpaired) electrons. The molecular formula is C45H28N2O2S. The van der Waals surface area contributed by atoms with Crippen molar-refractivity contribution in [1.29, 1.82) is 0 Å². The van der Waals surface area contributed by atoms with Crippen LogP contribution in [0.3, 0.4) is 0 Å². The maximum atomic E-state index is 14.2. The van der Waals surface area contributed by atoms with Gasteiger partial charge < -0.3 is 0 Å². The molecule has 0 amide bonds. The standard InChI is InChI=1S/C45H28N2O2S/c48-50(49)40-21-11-20-38-44(40)47(45(46-38)32-14-5-2-6-15-32)39-27-26-33(28-41(39)50)29-22-24-31(25-23-29)43-36-18-9-7-16-34(36)42(30-12-3-1-4-13-30)35-17-8-10-19-37(35)43/h1-28H. The Morgan fingerprint density at radius 2 is 0.920 bits per heavy atom. The molecule has 0 atom stereocenters. The van der Waals surface area contributed by atoms with Gasteiger partial charge in [-0.3, -0.25) is 4.57 Å². The molecule has 4 nitrogen and oxygen atoms in total. The van der Waals surface area contributed by atoms with E-state index in [1.54, 1.807) is 12.1 Å². The summed E-state index contributed by atoms with van der Waals surface area (Å²) in [4.78, 5) is 5.46. The lowest BCUT2D eigenvalue weighted by Crippen LogP contribution is -2.15. The number of rotatable bonds is 4. The highest BCUT2D eigenvalue weighted by atomic mass is 32.2. The minimum atomic E-state index is -3.79. The summed E-state index contributed by atoms with van der Waals surface area (Å²) in [6.07, 6.45) is 0. The maximum Gasteiger partial charge on any atom is 0.210 e. The fourth-order valence-corrected chi connectivity index (χ4v) is 9.39. The van der Waals surface area contributed by atoms with Gasteiger partial charge in [-0.2, -0.15) is 0 Å². The molecule has 2 heterocycles. The van der Waals surface area contributed by atoms with Crippen molar-refractivity contribution in [2.24, 2.45) is 0 Å². The molecule has 0 N–H and O–H groups in total. The van der Waals surface area contributed by atoms with Crippen molar-refractivity contribution in [1.82, 2.24) is 9.55 Å². The number of benzene rings is 8. The van der Waals surface area contributed by atoms with Crippen LogP contribution in [-0.4, -0.2) is 18.0 Å². The zero-order chi connectivity index (χ0) is 33.4. The minimum Gasteiger partial charge on any atom is -0.290 e. The van der Waals surface area contributed by atoms with Crippen LogP contribution < -0.4 is 0 Å². The van der Waals surface area contributed by atoms with E-state index in [4.69, 9.17) is 4.98 Å². The molecule has 0 fully saturated rings. The molecule has 8 aromatic carbocycles. The van der Waals surface area contributed by atoms with Gasteiger partial charge in [-0.05, 0) is 79.2 Å². The van der Waals surface area contributed by atoms with Crippen LogP contribution in [0, 0.1) is 0 Å². The van der Waals surface area contributed by atoms with E-state index >= 15 is 0 Å². The van der Waals surface area contributed by atoms with Crippen molar-refractivity contribution in [2.45, 2.75) is 9.79 Å². The Morgan fingerprint density at radius 1 is 0.420 bits per heavy atom. The number of para-hydroxylation sites is 1. The summed E-state index contributed by atoms with van der Waals surface area (Å²) in [6.45, 7) is 0. The second kappa shape index (κ2) is 10.9. The molecule has 0 spiro atoms. The Morgan fingerprint density at radius 3 is 1.52 bits per heavy atom. The van der Waals surface area contributed by atoms with Crippen LogP contribution >= 0.6 is 0 Å². The third-order valence-corrected chi connectivity index (χ3v) is 11.8. The minimum absolute atomic E-state index is 0.280. The Balaban J connectivity index is 1.13. The monoisotopic (exact) mass is 660 g/mol. The van der Waals surface area contributed by atoms with Crippen molar-refractivity contribution in [2.75, 3.05) is 0 Å². The van der Waals surface area contributed by atoms with E-state index in [2.05, 4.69) is 103 Å². The molecule has 1 aliphatic heterocycles. The smallest absolute Gasteiger partial charge is 0.210 e. The van der Waals surface area contributed by atoms with Crippen LogP contribution in [0.5, 0.6) is 0 Å². The van der Waals surface area contributed by atoms with Gasteiger partial charge in [0.2, 0.25) is 9.84 Å². The molecule has 10 rings (SSSR count). The third-order valence-electron chi connectivity index (χ3n) is 9.95. The van der Waals surface area contributed by atoms with Crippen molar-refractivity contribution in [3.05, 3.63) is 170 Å². The molecule has 0 bridgehead atoms. The normalized spacial score (nSPS) is 13.1. The lowest BCUT2D eigenvalue weighted by Gasteiger charge is -2.22. The van der Waals surface area contributed by atoms with E-state index in [9.17, 15) is 8.42 Å². The largest absolute Gasteiger partial charge is 0.290 e. The first-order valence-electron chi connectivity index (χ1n) is 16.6. The SMILES string of the molecule is O=S1(=O)c2cc(-c3ccc(-c4c5ccccc5c(-c5ccccc5)c5ccccc45)cc3)ccc2-n2c(-c3ccccc3)nc3cccc1c32. The van der Waals surface area contributed by atoms with Crippen LogP contribution in [0.25, 0.3) is 83.0 Å². The van der Waals surface area contributed by atoms with Crippen LogP contribution in [0.15, 0.2) is 180 Å². The summed E-state index contributed by atoms with van der Waals surface area (Å²) in [7, 11) is -3.79. The van der Waals surface area contributed by atoms with Crippen LogP contribution in [0.2, 0.25) is 0 Å². The van der Waals surface area contributed by atoms with Gasteiger partial charge in [-0.1, -0.05) is 146 Å². The van der Waals surface area contributed by atoms with Gasteiger partial charge in [0.15, 0.2) is 0 Å². The zero-order valence-corrected chi connectivity index (χ0v) is 27.6. The molecular weight excluding hydrogens is 633 g/mol. The van der Waals surface area contributed by atoms with Crippen LogP contribution in [0.1, 0.15) is 0 Å². The number of nitrogens with zero attached hydrogens (tertiary/aromatic N) is 2. The number of hydrogen-bond acceptors (Lipinski definition) is 3. The second-order valence-electron chi connectivity index (χ2n) is 12.7. The quantitative estimate of drug-likeness (QED) is 0.177. The average molecular weight is 661 g/mol. The third kappa shape index (κ3) is 4.17. The summed E-state index contributed by atoms with van der Waals surface area (Å²) >= 11 is 0. The topological polar surface area (TPSA) is 52.0 Å². The fourth-order valence-electron chi connectivity index (χ4n) is 7.72. The number of imidazole rings is 1. The highest BCUT2D eigenvalue weighted by molar-refractivity contribution is 7.92. The van der Waals surface area contributed by atoms with Crippen molar-refractivity contribution in [3.8, 4) is 50.5 Å². The predicted molar refractivity (Wildman–Crippen MR) is 203 cm³/mol. The highest BCUT2D eigenvalue weighted by Crippen LogP contribution is 2.45. The van der Waals surface area contributed by atoms with Gasteiger partial charge in [0.25, 0.3) is 0 Å². The van der Waals surface area contributed by atoms with Crippen molar-refractivity contribution < 1.29 is 8.42 Å². The summed E-state index contributed by atoms with van der Waals surface area (Å²) < 4.78 is 30.4. The Bertz CT molecular complexity index is 2860. The van der Waals surface area contributed by atoms with Crippen LogP contribution in [0.4, 0.5) is 0 Å². The highest BCUT2D eigenvalue weighted by Gasteiger charge is 2.34. The first-order chi connectivity index (χ1) is 24.6. The lowest BCUT2D eigenvalue weighted by atomic mass is 9.86.